The van der Waals surface area contributed by atoms with E-state index in [4.69, 9.17) is 5.73 Å². The van der Waals surface area contributed by atoms with Crippen LogP contribution >= 0.6 is 0 Å². The van der Waals surface area contributed by atoms with Crippen LogP contribution < -0.4 is 10.5 Å². The zero-order chi connectivity index (χ0) is 12.3. The fourth-order valence-corrected chi connectivity index (χ4v) is 2.66. The van der Waals surface area contributed by atoms with E-state index >= 15 is 0 Å². The molecule has 1 aliphatic rings. The largest absolute Gasteiger partial charge is 0.340 e. The van der Waals surface area contributed by atoms with Gasteiger partial charge in [-0.3, -0.25) is 4.79 Å². The summed E-state index contributed by atoms with van der Waals surface area (Å²) in [5.74, 6) is -0.125. The summed E-state index contributed by atoms with van der Waals surface area (Å²) >= 11 is 0. The van der Waals surface area contributed by atoms with Crippen molar-refractivity contribution in [3.63, 3.8) is 0 Å². The van der Waals surface area contributed by atoms with E-state index in [1.807, 2.05) is 0 Å². The minimum Gasteiger partial charge on any atom is -0.340 e. The summed E-state index contributed by atoms with van der Waals surface area (Å²) in [6, 6.07) is -0.719. The number of nitrogens with two attached hydrogens (primary N) is 1. The maximum atomic E-state index is 11.6. The molecule has 0 radical (unpaired) electrons. The molecule has 0 saturated carbocycles. The van der Waals surface area contributed by atoms with E-state index < -0.39 is 16.1 Å². The average molecular weight is 249 g/mol. The predicted octanol–water partition coefficient (Wildman–Crippen LogP) is -1.13. The Kier molecular flexibility index (Phi) is 4.28. The van der Waals surface area contributed by atoms with Gasteiger partial charge in [0.1, 0.15) is 0 Å². The van der Waals surface area contributed by atoms with Gasteiger partial charge in [0.2, 0.25) is 15.9 Å². The van der Waals surface area contributed by atoms with Gasteiger partial charge < -0.3 is 10.6 Å². The second-order valence-corrected chi connectivity index (χ2v) is 6.08. The summed E-state index contributed by atoms with van der Waals surface area (Å²) < 4.78 is 24.7. The van der Waals surface area contributed by atoms with E-state index in [-0.39, 0.29) is 11.9 Å². The molecule has 1 saturated heterocycles. The molecule has 0 aliphatic carbocycles. The molecule has 0 bridgehead atoms. The lowest BCUT2D eigenvalue weighted by molar-refractivity contribution is -0.133. The summed E-state index contributed by atoms with van der Waals surface area (Å²) in [4.78, 5) is 13.3. The van der Waals surface area contributed by atoms with Gasteiger partial charge in [-0.15, -0.1) is 0 Å². The number of nitrogens with zero attached hydrogens (tertiary/aromatic N) is 1. The number of nitrogens with one attached hydrogen (secondary N) is 1. The van der Waals surface area contributed by atoms with Gasteiger partial charge in [-0.1, -0.05) is 0 Å². The molecule has 94 valence electrons. The van der Waals surface area contributed by atoms with Crippen LogP contribution in [0.2, 0.25) is 0 Å². The number of carbonyl (C=O) groups excluding carboxylic acids is 1. The molecule has 6 nitrogen and oxygen atoms in total. The van der Waals surface area contributed by atoms with Gasteiger partial charge in [-0.05, 0) is 19.8 Å². The minimum absolute atomic E-state index is 0.125. The Hall–Kier alpha value is -0.660. The highest BCUT2D eigenvalue weighted by molar-refractivity contribution is 7.88. The number of hydrogen-bond donors (Lipinski definition) is 2. The maximum absolute atomic E-state index is 11.6. The van der Waals surface area contributed by atoms with Crippen LogP contribution in [-0.4, -0.2) is 50.7 Å². The zero-order valence-electron chi connectivity index (χ0n) is 9.64. The Bertz CT molecular complexity index is 353. The quantitative estimate of drug-likeness (QED) is 0.662. The van der Waals surface area contributed by atoms with Crippen molar-refractivity contribution in [2.75, 3.05) is 19.3 Å². The number of amides is 1. The lowest BCUT2D eigenvalue weighted by atomic mass is 10.1. The Morgan fingerprint density at radius 3 is 2.69 bits per heavy atom. The van der Waals surface area contributed by atoms with Crippen molar-refractivity contribution in [1.82, 2.24) is 9.62 Å². The molecular weight excluding hydrogens is 230 g/mol. The summed E-state index contributed by atoms with van der Waals surface area (Å²) in [7, 11) is -3.21. The van der Waals surface area contributed by atoms with E-state index in [2.05, 4.69) is 4.72 Å². The van der Waals surface area contributed by atoms with Gasteiger partial charge in [-0.25, -0.2) is 13.1 Å². The Morgan fingerprint density at radius 2 is 2.19 bits per heavy atom. The van der Waals surface area contributed by atoms with Crippen molar-refractivity contribution in [3.8, 4) is 0 Å². The summed E-state index contributed by atoms with van der Waals surface area (Å²) in [5, 5.41) is 0. The molecule has 1 unspecified atom stereocenters. The molecule has 1 amide bonds. The molecule has 0 aromatic heterocycles. The van der Waals surface area contributed by atoms with Crippen LogP contribution in [0, 0.1) is 0 Å². The first-order valence-electron chi connectivity index (χ1n) is 5.31. The van der Waals surface area contributed by atoms with E-state index in [0.717, 1.165) is 19.1 Å². The molecule has 16 heavy (non-hydrogen) atoms. The highest BCUT2D eigenvalue weighted by Gasteiger charge is 2.26. The number of piperidine rings is 1. The monoisotopic (exact) mass is 249 g/mol. The van der Waals surface area contributed by atoms with Gasteiger partial charge in [0.25, 0.3) is 0 Å². The molecule has 0 aromatic carbocycles. The van der Waals surface area contributed by atoms with Crippen molar-refractivity contribution in [3.05, 3.63) is 0 Å². The molecule has 2 atom stereocenters. The molecule has 1 rings (SSSR count). The molecular formula is C9H19N3O3S. The topological polar surface area (TPSA) is 92.5 Å². The lowest BCUT2D eigenvalue weighted by Crippen LogP contribution is -2.52. The smallest absolute Gasteiger partial charge is 0.239 e. The second kappa shape index (κ2) is 5.11. The first-order chi connectivity index (χ1) is 7.29. The summed E-state index contributed by atoms with van der Waals surface area (Å²) in [5.41, 5.74) is 5.51. The fraction of sp³-hybridized carbons (Fsp3) is 0.889. The van der Waals surface area contributed by atoms with Crippen LogP contribution in [0.1, 0.15) is 19.8 Å². The number of hydrogen-bond acceptors (Lipinski definition) is 4. The molecule has 1 fully saturated rings. The minimum atomic E-state index is -3.21. The molecule has 1 aliphatic heterocycles. The van der Waals surface area contributed by atoms with Gasteiger partial charge in [-0.2, -0.15) is 0 Å². The van der Waals surface area contributed by atoms with Gasteiger partial charge in [0, 0.05) is 19.1 Å². The summed E-state index contributed by atoms with van der Waals surface area (Å²) in [6.07, 6.45) is 2.68. The highest BCUT2D eigenvalue weighted by Crippen LogP contribution is 2.11. The molecule has 7 heteroatoms. The number of carbonyl (C=O) groups is 1. The molecule has 0 spiro atoms. The molecule has 3 N–H and O–H groups in total. The average Bonchev–Trinajstić information content (AvgIpc) is 2.14. The van der Waals surface area contributed by atoms with Crippen LogP contribution in [0.5, 0.6) is 0 Å². The third-order valence-electron chi connectivity index (χ3n) is 2.50. The fourth-order valence-electron chi connectivity index (χ4n) is 1.86. The van der Waals surface area contributed by atoms with Crippen LogP contribution in [-0.2, 0) is 14.8 Å². The van der Waals surface area contributed by atoms with Crippen LogP contribution in [0.4, 0.5) is 0 Å². The number of likely N-dealkylation sites (tertiary alicyclic amines) is 1. The van der Waals surface area contributed by atoms with E-state index in [9.17, 15) is 13.2 Å². The van der Waals surface area contributed by atoms with Crippen molar-refractivity contribution in [1.29, 1.82) is 0 Å². The SMILES string of the molecule is C[C@@H](N)C(=O)N1CCCC(NS(C)(=O)=O)C1. The van der Waals surface area contributed by atoms with Gasteiger partial charge >= 0.3 is 0 Å². The Labute approximate surface area is 96.2 Å². The summed E-state index contributed by atoms with van der Waals surface area (Å²) in [6.45, 7) is 2.70. The van der Waals surface area contributed by atoms with Gasteiger partial charge in [0.15, 0.2) is 0 Å². The number of sulfonamides is 1. The third-order valence-corrected chi connectivity index (χ3v) is 3.26. The Morgan fingerprint density at radius 1 is 1.56 bits per heavy atom. The zero-order valence-corrected chi connectivity index (χ0v) is 10.5. The van der Waals surface area contributed by atoms with Crippen molar-refractivity contribution in [2.24, 2.45) is 5.73 Å². The van der Waals surface area contributed by atoms with Crippen molar-refractivity contribution < 1.29 is 13.2 Å². The molecule has 0 aromatic rings. The van der Waals surface area contributed by atoms with Gasteiger partial charge in [0.05, 0.1) is 12.3 Å². The Balaban J connectivity index is 2.57. The molecule has 1 heterocycles. The van der Waals surface area contributed by atoms with Crippen LogP contribution in [0.25, 0.3) is 0 Å². The predicted molar refractivity (Wildman–Crippen MR) is 61.2 cm³/mol. The first kappa shape index (κ1) is 13.4. The van der Waals surface area contributed by atoms with Crippen LogP contribution in [0.3, 0.4) is 0 Å². The second-order valence-electron chi connectivity index (χ2n) is 4.30. The highest BCUT2D eigenvalue weighted by atomic mass is 32.2. The van der Waals surface area contributed by atoms with E-state index in [0.29, 0.717) is 13.1 Å². The lowest BCUT2D eigenvalue weighted by Gasteiger charge is -2.33. The maximum Gasteiger partial charge on any atom is 0.239 e. The van der Waals surface area contributed by atoms with E-state index in [1.54, 1.807) is 11.8 Å². The van der Waals surface area contributed by atoms with Crippen molar-refractivity contribution in [2.45, 2.75) is 31.8 Å². The standard InChI is InChI=1S/C9H19N3O3S/c1-7(10)9(13)12-5-3-4-8(6-12)11-16(2,14)15/h7-8,11H,3-6,10H2,1-2H3/t7-,8?/m1/s1. The van der Waals surface area contributed by atoms with Crippen LogP contribution in [0.15, 0.2) is 0 Å². The normalized spacial score (nSPS) is 24.2. The van der Waals surface area contributed by atoms with E-state index in [1.165, 1.54) is 0 Å². The third kappa shape index (κ3) is 4.07. The number of rotatable bonds is 3. The van der Waals surface area contributed by atoms with Crippen molar-refractivity contribution >= 4 is 15.9 Å². The first-order valence-corrected chi connectivity index (χ1v) is 7.20.